The molecule has 0 aliphatic carbocycles. The van der Waals surface area contributed by atoms with E-state index >= 15 is 0 Å². The molecular formula is C17H25BN4O9. The van der Waals surface area contributed by atoms with Gasteiger partial charge in [0.2, 0.25) is 5.91 Å². The van der Waals surface area contributed by atoms with Crippen LogP contribution in [0.3, 0.4) is 0 Å². The number of hydroxylamine groups is 1. The highest BCUT2D eigenvalue weighted by molar-refractivity contribution is 6.41. The molecular weight excluding hydrogens is 415 g/mol. The van der Waals surface area contributed by atoms with Crippen LogP contribution in [0, 0.1) is 0 Å². The van der Waals surface area contributed by atoms with Gasteiger partial charge >= 0.3 is 13.1 Å². The van der Waals surface area contributed by atoms with Crippen molar-refractivity contribution in [1.82, 2.24) is 15.7 Å². The number of benzene rings is 1. The van der Waals surface area contributed by atoms with Crippen molar-refractivity contribution in [2.24, 2.45) is 5.73 Å². The quantitative estimate of drug-likeness (QED) is 0.0993. The molecule has 0 bridgehead atoms. The molecule has 2 amide bonds. The van der Waals surface area contributed by atoms with Crippen molar-refractivity contribution >= 4 is 24.9 Å². The number of nitrogens with zero attached hydrogens (tertiary/aromatic N) is 1. The highest BCUT2D eigenvalue weighted by atomic mass is 16.5. The fourth-order valence-corrected chi connectivity index (χ4v) is 3.03. The van der Waals surface area contributed by atoms with E-state index in [1.165, 1.54) is 17.6 Å². The van der Waals surface area contributed by atoms with Crippen LogP contribution >= 0.6 is 0 Å². The zero-order valence-electron chi connectivity index (χ0n) is 16.5. The molecule has 170 valence electrons. The van der Waals surface area contributed by atoms with Crippen LogP contribution in [0.5, 0.6) is 11.5 Å². The van der Waals surface area contributed by atoms with Gasteiger partial charge < -0.3 is 36.0 Å². The van der Waals surface area contributed by atoms with Crippen molar-refractivity contribution in [2.45, 2.75) is 24.9 Å². The van der Waals surface area contributed by atoms with Gasteiger partial charge in [-0.15, -0.1) is 0 Å². The van der Waals surface area contributed by atoms with E-state index in [1.54, 1.807) is 4.90 Å². The van der Waals surface area contributed by atoms with Gasteiger partial charge in [0.05, 0.1) is 12.6 Å². The average molecular weight is 440 g/mol. The molecule has 0 saturated carbocycles. The molecule has 1 fully saturated rings. The number of phenols is 1. The van der Waals surface area contributed by atoms with E-state index in [2.05, 4.69) is 5.32 Å². The zero-order valence-corrected chi connectivity index (χ0v) is 16.5. The van der Waals surface area contributed by atoms with Crippen molar-refractivity contribution in [3.05, 3.63) is 23.3 Å². The Morgan fingerprint density at radius 2 is 1.97 bits per heavy atom. The summed E-state index contributed by atoms with van der Waals surface area (Å²) in [7, 11) is -1.58. The van der Waals surface area contributed by atoms with Gasteiger partial charge in [0.25, 0.3) is 5.91 Å². The Balaban J connectivity index is 1.89. The Labute approximate surface area is 177 Å². The first-order chi connectivity index (χ1) is 14.6. The number of aromatic hydroxyl groups is 1. The van der Waals surface area contributed by atoms with E-state index in [1.807, 2.05) is 0 Å². The third-order valence-electron chi connectivity index (χ3n) is 4.67. The first-order valence-corrected chi connectivity index (χ1v) is 9.41. The molecule has 0 radical (unpaired) electrons. The Morgan fingerprint density at radius 3 is 2.55 bits per heavy atom. The number of ether oxygens (including phenoxy) is 1. The standard InChI is InChI=1S/C17H25BN4O9/c19-11(16(25)20-5-13(23)21-30)8-22-6-10(7-22)31-12-2-1-9(3-4-18(28)29)15(24)14(12)17(26)27/h1-2,10-11,24,28-30H,3-8,19H2,(H,20,25)(H,21,23)(H,26,27)/t11-/m0/s1. The largest absolute Gasteiger partial charge is 0.507 e. The van der Waals surface area contributed by atoms with E-state index in [0.717, 1.165) is 0 Å². The number of hydrogen-bond acceptors (Lipinski definition) is 10. The monoisotopic (exact) mass is 440 g/mol. The van der Waals surface area contributed by atoms with Crippen molar-refractivity contribution in [3.63, 3.8) is 0 Å². The molecule has 14 heteroatoms. The number of carboxylic acids is 1. The summed E-state index contributed by atoms with van der Waals surface area (Å²) >= 11 is 0. The predicted molar refractivity (Wildman–Crippen MR) is 106 cm³/mol. The molecule has 0 unspecified atom stereocenters. The number of hydrogen-bond donors (Lipinski definition) is 8. The normalized spacial score (nSPS) is 15.0. The number of rotatable bonds is 11. The molecule has 13 nitrogen and oxygen atoms in total. The molecule has 1 aromatic carbocycles. The summed E-state index contributed by atoms with van der Waals surface area (Å²) < 4.78 is 5.67. The minimum Gasteiger partial charge on any atom is -0.507 e. The third kappa shape index (κ3) is 6.80. The molecule has 31 heavy (non-hydrogen) atoms. The lowest BCUT2D eigenvalue weighted by Crippen LogP contribution is -2.59. The van der Waals surface area contributed by atoms with Crippen LogP contribution in [0.4, 0.5) is 0 Å². The maximum Gasteiger partial charge on any atom is 0.451 e. The van der Waals surface area contributed by atoms with E-state index < -0.39 is 54.9 Å². The summed E-state index contributed by atoms with van der Waals surface area (Å²) in [6.45, 7) is 0.474. The van der Waals surface area contributed by atoms with Crippen LogP contribution in [-0.2, 0) is 16.0 Å². The number of nitrogens with one attached hydrogen (secondary N) is 2. The third-order valence-corrected chi connectivity index (χ3v) is 4.67. The summed E-state index contributed by atoms with van der Waals surface area (Å²) in [5, 5.41) is 48.2. The van der Waals surface area contributed by atoms with Gasteiger partial charge in [-0.05, 0) is 24.4 Å². The van der Waals surface area contributed by atoms with E-state index in [4.69, 9.17) is 25.7 Å². The van der Waals surface area contributed by atoms with E-state index in [-0.39, 0.29) is 30.6 Å². The first-order valence-electron chi connectivity index (χ1n) is 9.41. The minimum absolute atomic E-state index is 0.0278. The van der Waals surface area contributed by atoms with Gasteiger partial charge in [-0.1, -0.05) is 6.07 Å². The molecule has 1 heterocycles. The number of carbonyl (C=O) groups excluding carboxylic acids is 2. The summed E-state index contributed by atoms with van der Waals surface area (Å²) in [6.07, 6.45) is -0.387. The lowest BCUT2D eigenvalue weighted by Gasteiger charge is -2.40. The molecule has 2 rings (SSSR count). The second-order valence-electron chi connectivity index (χ2n) is 7.09. The van der Waals surface area contributed by atoms with E-state index in [9.17, 15) is 24.6 Å². The van der Waals surface area contributed by atoms with Crippen LogP contribution < -0.4 is 21.3 Å². The van der Waals surface area contributed by atoms with Crippen molar-refractivity contribution in [3.8, 4) is 11.5 Å². The number of likely N-dealkylation sites (tertiary alicyclic amines) is 1. The summed E-state index contributed by atoms with van der Waals surface area (Å²) in [4.78, 5) is 36.1. The lowest BCUT2D eigenvalue weighted by molar-refractivity contribution is -0.131. The number of aromatic carboxylic acids is 1. The lowest BCUT2D eigenvalue weighted by atomic mass is 9.82. The van der Waals surface area contributed by atoms with Gasteiger partial charge in [0, 0.05) is 19.6 Å². The molecule has 9 N–H and O–H groups in total. The van der Waals surface area contributed by atoms with Gasteiger partial charge in [0.15, 0.2) is 0 Å². The number of amides is 2. The maximum absolute atomic E-state index is 11.8. The van der Waals surface area contributed by atoms with Gasteiger partial charge in [-0.25, -0.2) is 10.3 Å². The van der Waals surface area contributed by atoms with Gasteiger partial charge in [0.1, 0.15) is 23.2 Å². The molecule has 1 atom stereocenters. The molecule has 0 spiro atoms. The highest BCUT2D eigenvalue weighted by Crippen LogP contribution is 2.33. The molecule has 1 aliphatic rings. The minimum atomic E-state index is -1.58. The predicted octanol–water partition coefficient (Wildman–Crippen LogP) is -2.88. The second-order valence-corrected chi connectivity index (χ2v) is 7.09. The number of aryl methyl sites for hydroxylation is 1. The number of carboxylic acid groups (broad SMARTS) is 1. The Hall–Kier alpha value is -2.91. The summed E-state index contributed by atoms with van der Waals surface area (Å²) in [5.41, 5.74) is 6.98. The molecule has 1 aliphatic heterocycles. The Morgan fingerprint density at radius 1 is 1.29 bits per heavy atom. The van der Waals surface area contributed by atoms with E-state index in [0.29, 0.717) is 13.1 Å². The van der Waals surface area contributed by atoms with Gasteiger partial charge in [-0.2, -0.15) is 0 Å². The summed E-state index contributed by atoms with van der Waals surface area (Å²) in [5.74, 6) is -3.27. The topological polar surface area (TPSA) is 215 Å². The second kappa shape index (κ2) is 10.9. The van der Waals surface area contributed by atoms with Crippen LogP contribution in [0.15, 0.2) is 12.1 Å². The fourth-order valence-electron chi connectivity index (χ4n) is 3.03. The SMILES string of the molecule is N[C@@H](CN1CC(Oc2ccc(CCB(O)O)c(O)c2C(=O)O)C1)C(=O)NCC(=O)NO. The van der Waals surface area contributed by atoms with Crippen LogP contribution in [-0.4, -0.2) is 93.6 Å². The van der Waals surface area contributed by atoms with Crippen LogP contribution in [0.1, 0.15) is 15.9 Å². The molecule has 1 saturated heterocycles. The maximum atomic E-state index is 11.8. The Bertz CT molecular complexity index is 817. The number of carbonyl (C=O) groups is 3. The highest BCUT2D eigenvalue weighted by Gasteiger charge is 2.32. The van der Waals surface area contributed by atoms with Crippen LogP contribution in [0.2, 0.25) is 6.32 Å². The average Bonchev–Trinajstić information content (AvgIpc) is 2.68. The van der Waals surface area contributed by atoms with Gasteiger partial charge in [-0.3, -0.25) is 19.7 Å². The fraction of sp³-hybridized carbons (Fsp3) is 0.471. The molecule has 1 aromatic rings. The van der Waals surface area contributed by atoms with Crippen molar-refractivity contribution < 1.29 is 44.6 Å². The first kappa shape index (κ1) is 24.4. The molecule has 0 aromatic heterocycles. The zero-order chi connectivity index (χ0) is 23.1. The van der Waals surface area contributed by atoms with Crippen LogP contribution in [0.25, 0.3) is 0 Å². The smallest absolute Gasteiger partial charge is 0.451 e. The Kier molecular flexibility index (Phi) is 8.59. The number of nitrogens with two attached hydrogens (primary N) is 1. The summed E-state index contributed by atoms with van der Waals surface area (Å²) in [6, 6.07) is 1.93. The van der Waals surface area contributed by atoms with Crippen molar-refractivity contribution in [2.75, 3.05) is 26.2 Å². The van der Waals surface area contributed by atoms with Crippen molar-refractivity contribution in [1.29, 1.82) is 0 Å².